The summed E-state index contributed by atoms with van der Waals surface area (Å²) in [6.45, 7) is 0. The minimum atomic E-state index is -0.687. The molecule has 2 aromatic rings. The molecule has 0 radical (unpaired) electrons. The number of pyridine rings is 1. The van der Waals surface area contributed by atoms with E-state index in [0.717, 1.165) is 6.07 Å². The summed E-state index contributed by atoms with van der Waals surface area (Å²) in [5.74, 6) is -1.25. The summed E-state index contributed by atoms with van der Waals surface area (Å²) in [6, 6.07) is 6.97. The van der Waals surface area contributed by atoms with Crippen LogP contribution in [0.2, 0.25) is 5.02 Å². The van der Waals surface area contributed by atoms with Crippen LogP contribution in [0.4, 0.5) is 10.1 Å². The van der Waals surface area contributed by atoms with Crippen LogP contribution in [0.3, 0.4) is 0 Å². The highest BCUT2D eigenvalue weighted by molar-refractivity contribution is 6.30. The van der Waals surface area contributed by atoms with Gasteiger partial charge in [-0.1, -0.05) is 11.6 Å². The van der Waals surface area contributed by atoms with E-state index in [1.165, 1.54) is 24.4 Å². The maximum Gasteiger partial charge on any atom is 0.216 e. The summed E-state index contributed by atoms with van der Waals surface area (Å²) >= 11 is 5.61. The predicted octanol–water partition coefficient (Wildman–Crippen LogP) is 2.69. The summed E-state index contributed by atoms with van der Waals surface area (Å²) in [5.41, 5.74) is 5.76. The molecule has 0 saturated carbocycles. The van der Waals surface area contributed by atoms with Crippen LogP contribution in [0.1, 0.15) is 16.1 Å². The van der Waals surface area contributed by atoms with Crippen molar-refractivity contribution >= 4 is 23.1 Å². The number of benzene rings is 1. The standard InChI is InChI=1S/C12H8ClFN2O/c13-7-3-4-8(9(14)6-7)12(17)11-10(15)2-1-5-16-11/h1-6H,15H2. The first-order chi connectivity index (χ1) is 8.09. The fraction of sp³-hybridized carbons (Fsp3) is 0. The number of hydrogen-bond donors (Lipinski definition) is 1. The van der Waals surface area contributed by atoms with Crippen molar-refractivity contribution in [3.05, 3.63) is 58.6 Å². The van der Waals surface area contributed by atoms with Gasteiger partial charge in [-0.15, -0.1) is 0 Å². The van der Waals surface area contributed by atoms with E-state index >= 15 is 0 Å². The number of ketones is 1. The van der Waals surface area contributed by atoms with Crippen molar-refractivity contribution < 1.29 is 9.18 Å². The van der Waals surface area contributed by atoms with E-state index in [-0.39, 0.29) is 22.0 Å². The molecular formula is C12H8ClFN2O. The number of carbonyl (C=O) groups is 1. The molecule has 17 heavy (non-hydrogen) atoms. The Balaban J connectivity index is 2.48. The number of aromatic nitrogens is 1. The monoisotopic (exact) mass is 250 g/mol. The van der Waals surface area contributed by atoms with Gasteiger partial charge >= 0.3 is 0 Å². The van der Waals surface area contributed by atoms with Crippen molar-refractivity contribution in [1.29, 1.82) is 0 Å². The quantitative estimate of drug-likeness (QED) is 0.834. The highest BCUT2D eigenvalue weighted by Crippen LogP contribution is 2.19. The molecule has 0 fully saturated rings. The number of nitrogens with zero attached hydrogens (tertiary/aromatic N) is 1. The maximum absolute atomic E-state index is 13.5. The van der Waals surface area contributed by atoms with Gasteiger partial charge in [0.1, 0.15) is 11.5 Å². The molecule has 0 saturated heterocycles. The summed E-state index contributed by atoms with van der Waals surface area (Å²) in [5, 5.41) is 0.230. The van der Waals surface area contributed by atoms with Crippen LogP contribution in [0.5, 0.6) is 0 Å². The molecule has 0 aliphatic rings. The van der Waals surface area contributed by atoms with Gasteiger partial charge < -0.3 is 5.73 Å². The summed E-state index contributed by atoms with van der Waals surface area (Å²) < 4.78 is 13.5. The van der Waals surface area contributed by atoms with Crippen molar-refractivity contribution in [3.63, 3.8) is 0 Å². The van der Waals surface area contributed by atoms with Gasteiger partial charge in [0, 0.05) is 11.2 Å². The number of nitrogens with two attached hydrogens (primary N) is 1. The molecule has 3 nitrogen and oxygen atoms in total. The minimum absolute atomic E-state index is 0.0359. The topological polar surface area (TPSA) is 56.0 Å². The number of hydrogen-bond acceptors (Lipinski definition) is 3. The molecule has 86 valence electrons. The zero-order valence-electron chi connectivity index (χ0n) is 8.65. The zero-order valence-corrected chi connectivity index (χ0v) is 9.41. The lowest BCUT2D eigenvalue weighted by Gasteiger charge is -2.04. The van der Waals surface area contributed by atoms with Crippen LogP contribution in [-0.2, 0) is 0 Å². The predicted molar refractivity (Wildman–Crippen MR) is 63.5 cm³/mol. The lowest BCUT2D eigenvalue weighted by molar-refractivity contribution is 0.103. The van der Waals surface area contributed by atoms with Crippen molar-refractivity contribution in [3.8, 4) is 0 Å². The molecule has 2 N–H and O–H groups in total. The zero-order chi connectivity index (χ0) is 12.4. The lowest BCUT2D eigenvalue weighted by Crippen LogP contribution is -2.09. The summed E-state index contributed by atoms with van der Waals surface area (Å²) in [7, 11) is 0. The summed E-state index contributed by atoms with van der Waals surface area (Å²) in [6.07, 6.45) is 1.43. The SMILES string of the molecule is Nc1cccnc1C(=O)c1ccc(Cl)cc1F. The van der Waals surface area contributed by atoms with Gasteiger partial charge in [0.2, 0.25) is 5.78 Å². The van der Waals surface area contributed by atoms with Gasteiger partial charge in [-0.05, 0) is 30.3 Å². The molecule has 0 atom stereocenters. The third kappa shape index (κ3) is 2.26. The Kier molecular flexibility index (Phi) is 3.06. The second-order valence-electron chi connectivity index (χ2n) is 3.39. The molecule has 0 amide bonds. The first-order valence-electron chi connectivity index (χ1n) is 4.80. The normalized spacial score (nSPS) is 10.2. The van der Waals surface area contributed by atoms with E-state index in [1.807, 2.05) is 0 Å². The van der Waals surface area contributed by atoms with Crippen LogP contribution in [0.25, 0.3) is 0 Å². The second kappa shape index (κ2) is 4.51. The Morgan fingerprint density at radius 2 is 2.12 bits per heavy atom. The molecule has 0 aliphatic heterocycles. The Hall–Kier alpha value is -1.94. The van der Waals surface area contributed by atoms with Crippen LogP contribution >= 0.6 is 11.6 Å². The van der Waals surface area contributed by atoms with Crippen molar-refractivity contribution in [2.24, 2.45) is 0 Å². The molecule has 1 heterocycles. The molecule has 0 spiro atoms. The number of halogens is 2. The third-order valence-electron chi connectivity index (χ3n) is 2.23. The minimum Gasteiger partial charge on any atom is -0.397 e. The van der Waals surface area contributed by atoms with Gasteiger partial charge in [0.05, 0.1) is 11.3 Å². The fourth-order valence-electron chi connectivity index (χ4n) is 1.41. The summed E-state index contributed by atoms with van der Waals surface area (Å²) in [4.78, 5) is 15.8. The van der Waals surface area contributed by atoms with Gasteiger partial charge in [-0.3, -0.25) is 9.78 Å². The third-order valence-corrected chi connectivity index (χ3v) is 2.46. The Labute approximate surface area is 102 Å². The van der Waals surface area contributed by atoms with Crippen LogP contribution in [0, 0.1) is 5.82 Å². The van der Waals surface area contributed by atoms with Crippen molar-refractivity contribution in [2.45, 2.75) is 0 Å². The first-order valence-corrected chi connectivity index (χ1v) is 5.17. The number of anilines is 1. The largest absolute Gasteiger partial charge is 0.397 e. The highest BCUT2D eigenvalue weighted by atomic mass is 35.5. The van der Waals surface area contributed by atoms with E-state index < -0.39 is 11.6 Å². The second-order valence-corrected chi connectivity index (χ2v) is 3.83. The van der Waals surface area contributed by atoms with Crippen LogP contribution < -0.4 is 5.73 Å². The Bertz CT molecular complexity index is 586. The van der Waals surface area contributed by atoms with E-state index in [1.54, 1.807) is 6.07 Å². The average molecular weight is 251 g/mol. The smallest absolute Gasteiger partial charge is 0.216 e. The van der Waals surface area contributed by atoms with E-state index in [0.29, 0.717) is 0 Å². The molecule has 1 aromatic heterocycles. The fourth-order valence-corrected chi connectivity index (χ4v) is 1.57. The molecule has 0 aliphatic carbocycles. The van der Waals surface area contributed by atoms with Gasteiger partial charge in [-0.2, -0.15) is 0 Å². The molecule has 5 heteroatoms. The van der Waals surface area contributed by atoms with Crippen LogP contribution in [-0.4, -0.2) is 10.8 Å². The molecular weight excluding hydrogens is 243 g/mol. The molecule has 2 rings (SSSR count). The average Bonchev–Trinajstić information content (AvgIpc) is 2.29. The van der Waals surface area contributed by atoms with Crippen LogP contribution in [0.15, 0.2) is 36.5 Å². The lowest BCUT2D eigenvalue weighted by atomic mass is 10.1. The maximum atomic E-state index is 13.5. The van der Waals surface area contributed by atoms with E-state index in [2.05, 4.69) is 4.98 Å². The Morgan fingerprint density at radius 1 is 1.35 bits per heavy atom. The van der Waals surface area contributed by atoms with E-state index in [4.69, 9.17) is 17.3 Å². The molecule has 1 aromatic carbocycles. The molecule has 0 bridgehead atoms. The van der Waals surface area contributed by atoms with Gasteiger partial charge in [0.25, 0.3) is 0 Å². The van der Waals surface area contributed by atoms with E-state index in [9.17, 15) is 9.18 Å². The highest BCUT2D eigenvalue weighted by Gasteiger charge is 2.17. The number of rotatable bonds is 2. The number of carbonyl (C=O) groups excluding carboxylic acids is 1. The first kappa shape index (κ1) is 11.5. The van der Waals surface area contributed by atoms with Crippen molar-refractivity contribution in [1.82, 2.24) is 4.98 Å². The Morgan fingerprint density at radius 3 is 2.76 bits per heavy atom. The van der Waals surface area contributed by atoms with Gasteiger partial charge in [0.15, 0.2) is 0 Å². The molecule has 0 unspecified atom stereocenters. The number of nitrogen functional groups attached to an aromatic ring is 1. The van der Waals surface area contributed by atoms with Crippen molar-refractivity contribution in [2.75, 3.05) is 5.73 Å². The van der Waals surface area contributed by atoms with Gasteiger partial charge in [-0.25, -0.2) is 4.39 Å².